The third-order valence-corrected chi connectivity index (χ3v) is 12.7. The summed E-state index contributed by atoms with van der Waals surface area (Å²) in [5, 5.41) is 1.38. The summed E-state index contributed by atoms with van der Waals surface area (Å²) in [5.41, 5.74) is 6.45. The molecule has 4 aromatic carbocycles. The minimum Gasteiger partial charge on any atom is -0.486 e. The molecule has 1 radical (unpaired) electrons. The SMILES string of the molecule is [2H]C([2H])([2H])c1c[c]([Ge]([CH3])([CH3])[CH3])cnc1-c1[c-]cccc1.[2H]C([2H])([2H])c1ccc(-c2c[c-]c(-c3nc4ccccc4n3CC)c3oc4nc(C([2H])([2H])[2H])ccc4c23)cc1.[Ir]. The van der Waals surface area contributed by atoms with E-state index in [1.807, 2.05) is 67.7 Å². The van der Waals surface area contributed by atoms with Crippen molar-refractivity contribution >= 4 is 50.8 Å². The molecule has 0 aliphatic rings. The molecule has 0 saturated carbocycles. The maximum absolute atomic E-state index is 7.79. The minimum absolute atomic E-state index is 0. The van der Waals surface area contributed by atoms with Crippen LogP contribution in [0.25, 0.3) is 66.9 Å². The first kappa shape index (κ1) is 25.6. The van der Waals surface area contributed by atoms with Crippen molar-refractivity contribution in [3.63, 3.8) is 0 Å². The van der Waals surface area contributed by atoms with E-state index in [-0.39, 0.29) is 37.1 Å². The van der Waals surface area contributed by atoms with Gasteiger partial charge in [-0.2, -0.15) is 0 Å². The molecule has 0 unspecified atom stereocenters. The predicted molar refractivity (Wildman–Crippen MR) is 206 cm³/mol. The van der Waals surface area contributed by atoms with Gasteiger partial charge in [0.05, 0.1) is 22.4 Å². The number of imidazole rings is 1. The summed E-state index contributed by atoms with van der Waals surface area (Å²) in [6.07, 6.45) is 1.84. The molecule has 8 aromatic rings. The number of aryl methyl sites for hydroxylation is 4. The fourth-order valence-electron chi connectivity index (χ4n) is 5.96. The number of nitrogens with zero attached hydrogens (tertiary/aromatic N) is 4. The Labute approximate surface area is 323 Å². The van der Waals surface area contributed by atoms with Gasteiger partial charge in [0.25, 0.3) is 0 Å². The first-order valence-electron chi connectivity index (χ1n) is 20.6. The van der Waals surface area contributed by atoms with Gasteiger partial charge in [-0.25, -0.2) is 4.98 Å². The van der Waals surface area contributed by atoms with Crippen LogP contribution in [0.15, 0.2) is 108 Å². The zero-order chi connectivity index (χ0) is 41.8. The van der Waals surface area contributed by atoms with E-state index in [1.165, 1.54) is 6.07 Å². The summed E-state index contributed by atoms with van der Waals surface area (Å²) >= 11 is -2.10. The molecular formula is C43H40GeIrN4O-2. The number of rotatable bonds is 5. The van der Waals surface area contributed by atoms with Crippen LogP contribution in [0.5, 0.6) is 0 Å². The first-order chi connectivity index (χ1) is 27.3. The maximum Gasteiger partial charge on any atom is 0.216 e. The number of benzene rings is 4. The number of fused-ring (bicyclic) bond motifs is 4. The molecule has 5 nitrogen and oxygen atoms in total. The number of hydrogen-bond donors (Lipinski definition) is 0. The Kier molecular flexibility index (Phi) is 7.40. The largest absolute Gasteiger partial charge is 0.486 e. The Hall–Kier alpha value is -4.36. The minimum atomic E-state index is -2.38. The molecule has 7 heteroatoms. The van der Waals surface area contributed by atoms with E-state index in [1.54, 1.807) is 36.4 Å². The van der Waals surface area contributed by atoms with E-state index in [0.717, 1.165) is 37.5 Å². The number of aromatic nitrogens is 4. The fraction of sp³-hybridized carbons (Fsp3) is 0.186. The van der Waals surface area contributed by atoms with Crippen molar-refractivity contribution in [3.05, 3.63) is 132 Å². The van der Waals surface area contributed by atoms with Crippen LogP contribution in [0.3, 0.4) is 0 Å². The van der Waals surface area contributed by atoms with E-state index in [2.05, 4.69) is 43.9 Å². The molecule has 0 atom stereocenters. The third-order valence-electron chi connectivity index (χ3n) is 8.52. The third kappa shape index (κ3) is 6.85. The van der Waals surface area contributed by atoms with E-state index in [0.29, 0.717) is 40.2 Å². The Bertz CT molecular complexity index is 2770. The van der Waals surface area contributed by atoms with Crippen LogP contribution < -0.4 is 4.40 Å². The van der Waals surface area contributed by atoms with E-state index in [4.69, 9.17) is 21.7 Å². The number of pyridine rings is 2. The van der Waals surface area contributed by atoms with Gasteiger partial charge >= 0.3 is 110 Å². The molecule has 50 heavy (non-hydrogen) atoms. The van der Waals surface area contributed by atoms with Crippen LogP contribution in [-0.2, 0) is 26.7 Å². The van der Waals surface area contributed by atoms with Gasteiger partial charge in [0.1, 0.15) is 0 Å². The quantitative estimate of drug-likeness (QED) is 0.128. The molecular weight excluding hydrogens is 853 g/mol. The maximum atomic E-state index is 7.79. The van der Waals surface area contributed by atoms with Crippen LogP contribution in [0, 0.1) is 32.7 Å². The smallest absolute Gasteiger partial charge is 0.216 e. The standard InChI is InChI=1S/C28H22N3O.C15H18GeN.Ir/c1-4-31-24-8-6-5-7-23(24)30-27(31)22-16-15-20(19-12-9-17(2)10-13-19)25-21-14-11-18(3)29-28(21)32-26(22)25;1-12-10-14(16(2,3)4)11-17-15(12)13-8-6-5-7-9-13;/h5-15H,4H2,1-3H3;5-8,10-11H,1-4H3;/q2*-1;/i2D3,3D3;1D3;. The number of para-hydroxylation sites is 2. The summed E-state index contributed by atoms with van der Waals surface area (Å²) < 4.78 is 79.2. The van der Waals surface area contributed by atoms with Gasteiger partial charge in [-0.05, 0) is 50.3 Å². The van der Waals surface area contributed by atoms with Gasteiger partial charge in [-0.1, -0.05) is 58.7 Å². The van der Waals surface area contributed by atoms with Crippen molar-refractivity contribution in [2.45, 2.75) is 51.3 Å². The molecule has 0 saturated heterocycles. The molecule has 253 valence electrons. The molecule has 0 fully saturated rings. The summed E-state index contributed by atoms with van der Waals surface area (Å²) in [4.78, 5) is 13.6. The van der Waals surface area contributed by atoms with Crippen LogP contribution in [0.1, 0.15) is 36.1 Å². The van der Waals surface area contributed by atoms with Crippen molar-refractivity contribution in [1.29, 1.82) is 0 Å². The molecule has 0 N–H and O–H groups in total. The zero-order valence-corrected chi connectivity index (χ0v) is 32.5. The second-order valence-electron chi connectivity index (χ2n) is 12.8. The molecule has 0 spiro atoms. The zero-order valence-electron chi connectivity index (χ0n) is 37.1. The summed E-state index contributed by atoms with van der Waals surface area (Å²) in [7, 11) is 0. The van der Waals surface area contributed by atoms with Crippen molar-refractivity contribution in [1.82, 2.24) is 19.5 Å². The van der Waals surface area contributed by atoms with Gasteiger partial charge in [-0.15, -0.1) is 12.1 Å². The Balaban J connectivity index is 0.000000236. The summed E-state index contributed by atoms with van der Waals surface area (Å²) in [5.74, 6) is 7.37. The van der Waals surface area contributed by atoms with Crippen LogP contribution in [0.4, 0.5) is 0 Å². The van der Waals surface area contributed by atoms with Crippen LogP contribution >= 0.6 is 0 Å². The number of hydrogen-bond acceptors (Lipinski definition) is 4. The molecule has 4 aromatic heterocycles. The second-order valence-corrected chi connectivity index (χ2v) is 23.5. The van der Waals surface area contributed by atoms with Crippen molar-refractivity contribution in [2.24, 2.45) is 0 Å². The second kappa shape index (κ2) is 14.5. The number of furan rings is 1. The van der Waals surface area contributed by atoms with Crippen molar-refractivity contribution < 1.29 is 36.9 Å². The Morgan fingerprint density at radius 1 is 0.880 bits per heavy atom. The predicted octanol–water partition coefficient (Wildman–Crippen LogP) is 10.5. The molecule has 8 rings (SSSR count). The average molecular weight is 903 g/mol. The van der Waals surface area contributed by atoms with Gasteiger partial charge in [0, 0.05) is 46.0 Å². The van der Waals surface area contributed by atoms with E-state index >= 15 is 0 Å². The molecule has 0 bridgehead atoms. The summed E-state index contributed by atoms with van der Waals surface area (Å²) in [6.45, 7) is -4.04. The monoisotopic (exact) mass is 904 g/mol. The van der Waals surface area contributed by atoms with E-state index in [9.17, 15) is 0 Å². The first-order valence-corrected chi connectivity index (χ1v) is 23.4. The van der Waals surface area contributed by atoms with Crippen LogP contribution in [-0.4, -0.2) is 32.8 Å². The topological polar surface area (TPSA) is 56.7 Å². The van der Waals surface area contributed by atoms with E-state index < -0.39 is 33.8 Å². The van der Waals surface area contributed by atoms with Crippen molar-refractivity contribution in [3.8, 4) is 33.8 Å². The Morgan fingerprint density at radius 3 is 2.42 bits per heavy atom. The molecule has 0 amide bonds. The van der Waals surface area contributed by atoms with Gasteiger partial charge < -0.3 is 8.98 Å². The molecule has 0 aliphatic carbocycles. The molecule has 0 aliphatic heterocycles. The van der Waals surface area contributed by atoms with Gasteiger partial charge in [-0.3, -0.25) is 4.98 Å². The molecule has 4 heterocycles. The van der Waals surface area contributed by atoms with Gasteiger partial charge in [0.15, 0.2) is 0 Å². The normalized spacial score (nSPS) is 14.8. The summed E-state index contributed by atoms with van der Waals surface area (Å²) in [6, 6.07) is 35.2. The fourth-order valence-corrected chi connectivity index (χ4v) is 8.12. The van der Waals surface area contributed by atoms with Crippen molar-refractivity contribution in [2.75, 3.05) is 0 Å². The Morgan fingerprint density at radius 2 is 1.70 bits per heavy atom. The van der Waals surface area contributed by atoms with Gasteiger partial charge in [0.2, 0.25) is 5.71 Å². The van der Waals surface area contributed by atoms with Crippen LogP contribution in [0.2, 0.25) is 17.3 Å². The average Bonchev–Trinajstić information content (AvgIpc) is 3.75.